The third kappa shape index (κ3) is 5.68. The van der Waals surface area contributed by atoms with Crippen molar-refractivity contribution >= 4 is 18.3 Å². The summed E-state index contributed by atoms with van der Waals surface area (Å²) in [6.45, 7) is 4.40. The molecule has 1 aliphatic rings. The van der Waals surface area contributed by atoms with Gasteiger partial charge >= 0.3 is 0 Å². The van der Waals surface area contributed by atoms with Gasteiger partial charge in [-0.1, -0.05) is 6.92 Å². The van der Waals surface area contributed by atoms with Crippen molar-refractivity contribution in [3.63, 3.8) is 0 Å². The fourth-order valence-corrected chi connectivity index (χ4v) is 1.75. The average Bonchev–Trinajstić information content (AvgIpc) is 2.29. The third-order valence-corrected chi connectivity index (χ3v) is 2.97. The summed E-state index contributed by atoms with van der Waals surface area (Å²) >= 11 is 0. The van der Waals surface area contributed by atoms with Gasteiger partial charge in [0.25, 0.3) is 0 Å². The Hall–Kier alpha value is -0.320. The highest BCUT2D eigenvalue weighted by Gasteiger charge is 2.15. The predicted molar refractivity (Wildman–Crippen MR) is 66.7 cm³/mol. The molecule has 1 amide bonds. The molecule has 1 fully saturated rings. The first kappa shape index (κ1) is 15.7. The molecule has 1 atom stereocenters. The predicted octanol–water partition coefficient (Wildman–Crippen LogP) is 1.08. The monoisotopic (exact) mass is 250 g/mol. The number of nitrogens with two attached hydrogens (primary N) is 1. The van der Waals surface area contributed by atoms with Crippen LogP contribution in [0.25, 0.3) is 0 Å². The van der Waals surface area contributed by atoms with Crippen LogP contribution >= 0.6 is 12.4 Å². The summed E-state index contributed by atoms with van der Waals surface area (Å²) in [4.78, 5) is 11.4. The van der Waals surface area contributed by atoms with E-state index in [0.717, 1.165) is 39.0 Å². The van der Waals surface area contributed by atoms with Crippen molar-refractivity contribution in [3.8, 4) is 0 Å². The fraction of sp³-hybridized carbons (Fsp3) is 0.909. The summed E-state index contributed by atoms with van der Waals surface area (Å²) in [5.74, 6) is 0.682. The maximum atomic E-state index is 11.4. The smallest absolute Gasteiger partial charge is 0.236 e. The van der Waals surface area contributed by atoms with E-state index in [0.29, 0.717) is 12.3 Å². The van der Waals surface area contributed by atoms with E-state index in [1.54, 1.807) is 0 Å². The van der Waals surface area contributed by atoms with Crippen LogP contribution in [0.1, 0.15) is 32.6 Å². The lowest BCUT2D eigenvalue weighted by Gasteiger charge is -2.22. The Bertz CT molecular complexity index is 196. The highest BCUT2D eigenvalue weighted by atomic mass is 35.5. The SMILES string of the molecule is CC[C@H](N)C(=O)NCCC1CCOCC1.Cl. The highest BCUT2D eigenvalue weighted by Crippen LogP contribution is 2.17. The topological polar surface area (TPSA) is 64.4 Å². The first-order chi connectivity index (χ1) is 7.24. The molecule has 96 valence electrons. The van der Waals surface area contributed by atoms with E-state index in [1.807, 2.05) is 6.92 Å². The number of amides is 1. The molecule has 1 rings (SSSR count). The maximum absolute atomic E-state index is 11.4. The Kier molecular flexibility index (Phi) is 8.61. The van der Waals surface area contributed by atoms with Gasteiger partial charge in [0, 0.05) is 19.8 Å². The van der Waals surface area contributed by atoms with Crippen molar-refractivity contribution in [3.05, 3.63) is 0 Å². The normalized spacial score (nSPS) is 18.6. The molecule has 0 aromatic rings. The molecule has 5 heteroatoms. The summed E-state index contributed by atoms with van der Waals surface area (Å²) < 4.78 is 5.28. The standard InChI is InChI=1S/C11H22N2O2.ClH/c1-2-10(12)11(14)13-6-3-9-4-7-15-8-5-9;/h9-10H,2-8,12H2,1H3,(H,13,14);1H/t10-;/m0./s1. The first-order valence-corrected chi connectivity index (χ1v) is 5.85. The molecule has 0 unspecified atom stereocenters. The number of rotatable bonds is 5. The molecule has 0 radical (unpaired) electrons. The summed E-state index contributed by atoms with van der Waals surface area (Å²) in [7, 11) is 0. The molecule has 0 aromatic heterocycles. The number of hydrogen-bond donors (Lipinski definition) is 2. The second-order valence-corrected chi connectivity index (χ2v) is 4.15. The van der Waals surface area contributed by atoms with E-state index in [2.05, 4.69) is 5.32 Å². The number of hydrogen-bond acceptors (Lipinski definition) is 3. The van der Waals surface area contributed by atoms with Crippen LogP contribution in [-0.4, -0.2) is 31.7 Å². The minimum atomic E-state index is -0.348. The van der Waals surface area contributed by atoms with E-state index in [1.165, 1.54) is 0 Å². The first-order valence-electron chi connectivity index (χ1n) is 5.85. The molecule has 1 heterocycles. The highest BCUT2D eigenvalue weighted by molar-refractivity contribution is 5.85. The fourth-order valence-electron chi connectivity index (χ4n) is 1.75. The third-order valence-electron chi connectivity index (χ3n) is 2.97. The number of nitrogens with one attached hydrogen (secondary N) is 1. The van der Waals surface area contributed by atoms with Crippen LogP contribution in [-0.2, 0) is 9.53 Å². The van der Waals surface area contributed by atoms with E-state index in [-0.39, 0.29) is 24.4 Å². The Labute approximate surface area is 104 Å². The molecular weight excluding hydrogens is 228 g/mol. The number of carbonyl (C=O) groups excluding carboxylic acids is 1. The minimum Gasteiger partial charge on any atom is -0.381 e. The molecule has 0 aliphatic carbocycles. The second kappa shape index (κ2) is 8.79. The van der Waals surface area contributed by atoms with Crippen LogP contribution < -0.4 is 11.1 Å². The molecule has 1 aliphatic heterocycles. The number of ether oxygens (including phenoxy) is 1. The van der Waals surface area contributed by atoms with Crippen LogP contribution in [0.5, 0.6) is 0 Å². The number of carbonyl (C=O) groups is 1. The Morgan fingerprint density at radius 1 is 1.50 bits per heavy atom. The van der Waals surface area contributed by atoms with Gasteiger partial charge in [0.05, 0.1) is 6.04 Å². The van der Waals surface area contributed by atoms with Crippen molar-refractivity contribution in [2.24, 2.45) is 11.7 Å². The summed E-state index contributed by atoms with van der Waals surface area (Å²) in [6.07, 6.45) is 3.99. The lowest BCUT2D eigenvalue weighted by molar-refractivity contribution is -0.122. The van der Waals surface area contributed by atoms with Crippen LogP contribution in [0.3, 0.4) is 0 Å². The Balaban J connectivity index is 0.00000225. The Morgan fingerprint density at radius 2 is 2.12 bits per heavy atom. The van der Waals surface area contributed by atoms with E-state index in [9.17, 15) is 4.79 Å². The molecule has 1 saturated heterocycles. The molecular formula is C11H23ClN2O2. The average molecular weight is 251 g/mol. The summed E-state index contributed by atoms with van der Waals surface area (Å²) in [6, 6.07) is -0.348. The van der Waals surface area contributed by atoms with E-state index < -0.39 is 0 Å². The zero-order valence-corrected chi connectivity index (χ0v) is 10.7. The summed E-state index contributed by atoms with van der Waals surface area (Å²) in [5.41, 5.74) is 5.60. The van der Waals surface area contributed by atoms with Gasteiger partial charge in [-0.15, -0.1) is 12.4 Å². The van der Waals surface area contributed by atoms with Crippen molar-refractivity contribution in [1.29, 1.82) is 0 Å². The molecule has 4 nitrogen and oxygen atoms in total. The zero-order chi connectivity index (χ0) is 11.1. The molecule has 0 saturated carbocycles. The maximum Gasteiger partial charge on any atom is 0.236 e. The van der Waals surface area contributed by atoms with Crippen LogP contribution in [0, 0.1) is 5.92 Å². The largest absolute Gasteiger partial charge is 0.381 e. The quantitative estimate of drug-likeness (QED) is 0.768. The molecule has 3 N–H and O–H groups in total. The van der Waals surface area contributed by atoms with Crippen LogP contribution in [0.2, 0.25) is 0 Å². The lowest BCUT2D eigenvalue weighted by Crippen LogP contribution is -2.40. The minimum absolute atomic E-state index is 0. The zero-order valence-electron chi connectivity index (χ0n) is 9.91. The van der Waals surface area contributed by atoms with Crippen molar-refractivity contribution < 1.29 is 9.53 Å². The van der Waals surface area contributed by atoms with Gasteiger partial charge in [0.15, 0.2) is 0 Å². The van der Waals surface area contributed by atoms with Gasteiger partial charge < -0.3 is 15.8 Å². The van der Waals surface area contributed by atoms with Crippen molar-refractivity contribution in [2.75, 3.05) is 19.8 Å². The molecule has 0 bridgehead atoms. The Morgan fingerprint density at radius 3 is 2.69 bits per heavy atom. The van der Waals surface area contributed by atoms with Gasteiger partial charge in [-0.2, -0.15) is 0 Å². The van der Waals surface area contributed by atoms with E-state index >= 15 is 0 Å². The van der Waals surface area contributed by atoms with Crippen molar-refractivity contribution in [2.45, 2.75) is 38.6 Å². The van der Waals surface area contributed by atoms with Crippen LogP contribution in [0.15, 0.2) is 0 Å². The van der Waals surface area contributed by atoms with Crippen molar-refractivity contribution in [1.82, 2.24) is 5.32 Å². The molecule has 0 spiro atoms. The van der Waals surface area contributed by atoms with Gasteiger partial charge in [0.1, 0.15) is 0 Å². The lowest BCUT2D eigenvalue weighted by atomic mass is 9.97. The van der Waals surface area contributed by atoms with E-state index in [4.69, 9.17) is 10.5 Å². The second-order valence-electron chi connectivity index (χ2n) is 4.15. The van der Waals surface area contributed by atoms with Gasteiger partial charge in [-0.05, 0) is 31.6 Å². The molecule has 16 heavy (non-hydrogen) atoms. The van der Waals surface area contributed by atoms with Gasteiger partial charge in [-0.25, -0.2) is 0 Å². The summed E-state index contributed by atoms with van der Waals surface area (Å²) in [5, 5.41) is 2.88. The number of halogens is 1. The molecule has 0 aromatic carbocycles. The van der Waals surface area contributed by atoms with Gasteiger partial charge in [0.2, 0.25) is 5.91 Å². The van der Waals surface area contributed by atoms with Crippen LogP contribution in [0.4, 0.5) is 0 Å². The van der Waals surface area contributed by atoms with Gasteiger partial charge in [-0.3, -0.25) is 4.79 Å².